The fraction of sp³-hybridized carbons (Fsp3) is 0.889. The first-order chi connectivity index (χ1) is 7.02. The van der Waals surface area contributed by atoms with Crippen molar-refractivity contribution in [1.82, 2.24) is 0 Å². The minimum atomic E-state index is -1.29. The molecule has 3 N–H and O–H groups in total. The number of carbonyl (C=O) groups excluding carboxylic acids is 1. The standard InChI is InChI=1S/C9H16O6/c1-5(10)2-3-14-9-8(13)7(12)6(11)4-15-9/h6-9,11-13H,2-4H2,1H3/t6-,7+,8+,9+/m1/s1. The highest BCUT2D eigenvalue weighted by atomic mass is 16.7. The van der Waals surface area contributed by atoms with Crippen molar-refractivity contribution in [3.63, 3.8) is 0 Å². The maximum atomic E-state index is 10.6. The Morgan fingerprint density at radius 1 is 1.40 bits per heavy atom. The van der Waals surface area contributed by atoms with Gasteiger partial charge in [-0.2, -0.15) is 0 Å². The predicted molar refractivity (Wildman–Crippen MR) is 49.0 cm³/mol. The third kappa shape index (κ3) is 3.51. The molecule has 1 heterocycles. The monoisotopic (exact) mass is 220 g/mol. The van der Waals surface area contributed by atoms with Gasteiger partial charge in [-0.3, -0.25) is 4.79 Å². The van der Waals surface area contributed by atoms with Crippen molar-refractivity contribution in [1.29, 1.82) is 0 Å². The van der Waals surface area contributed by atoms with Gasteiger partial charge in [-0.05, 0) is 6.92 Å². The van der Waals surface area contributed by atoms with Gasteiger partial charge in [0, 0.05) is 6.42 Å². The van der Waals surface area contributed by atoms with Crippen LogP contribution in [0.2, 0.25) is 0 Å². The second-order valence-corrected chi connectivity index (χ2v) is 3.57. The molecule has 0 radical (unpaired) electrons. The molecule has 88 valence electrons. The Labute approximate surface area is 87.4 Å². The van der Waals surface area contributed by atoms with Crippen LogP contribution in [0.25, 0.3) is 0 Å². The average Bonchev–Trinajstić information content (AvgIpc) is 2.18. The molecule has 4 atom stereocenters. The zero-order valence-corrected chi connectivity index (χ0v) is 8.50. The zero-order chi connectivity index (χ0) is 11.4. The van der Waals surface area contributed by atoms with Gasteiger partial charge in [0.05, 0.1) is 13.2 Å². The summed E-state index contributed by atoms with van der Waals surface area (Å²) in [5.74, 6) is -0.0270. The summed E-state index contributed by atoms with van der Waals surface area (Å²) in [5.41, 5.74) is 0. The number of ether oxygens (including phenoxy) is 2. The number of carbonyl (C=O) groups is 1. The molecular weight excluding hydrogens is 204 g/mol. The quantitative estimate of drug-likeness (QED) is 0.529. The van der Waals surface area contributed by atoms with Crippen LogP contribution < -0.4 is 0 Å². The van der Waals surface area contributed by atoms with Gasteiger partial charge in [-0.25, -0.2) is 0 Å². The molecule has 0 spiro atoms. The van der Waals surface area contributed by atoms with Gasteiger partial charge in [-0.1, -0.05) is 0 Å². The Morgan fingerprint density at radius 2 is 2.07 bits per heavy atom. The highest BCUT2D eigenvalue weighted by Gasteiger charge is 2.37. The fourth-order valence-electron chi connectivity index (χ4n) is 1.24. The van der Waals surface area contributed by atoms with Crippen LogP contribution in [0.3, 0.4) is 0 Å². The number of aliphatic hydroxyl groups is 3. The molecule has 0 aliphatic carbocycles. The van der Waals surface area contributed by atoms with Crippen LogP contribution >= 0.6 is 0 Å². The van der Waals surface area contributed by atoms with Crippen molar-refractivity contribution in [2.45, 2.75) is 37.9 Å². The third-order valence-corrected chi connectivity index (χ3v) is 2.19. The lowest BCUT2D eigenvalue weighted by Gasteiger charge is -2.34. The lowest BCUT2D eigenvalue weighted by Crippen LogP contribution is -2.53. The normalized spacial score (nSPS) is 36.5. The number of hydrogen-bond donors (Lipinski definition) is 3. The van der Waals surface area contributed by atoms with Gasteiger partial charge in [0.2, 0.25) is 0 Å². The smallest absolute Gasteiger partial charge is 0.186 e. The summed E-state index contributed by atoms with van der Waals surface area (Å²) in [6, 6.07) is 0. The van der Waals surface area contributed by atoms with E-state index in [4.69, 9.17) is 14.6 Å². The average molecular weight is 220 g/mol. The van der Waals surface area contributed by atoms with E-state index in [1.54, 1.807) is 0 Å². The number of hydrogen-bond acceptors (Lipinski definition) is 6. The van der Waals surface area contributed by atoms with E-state index in [-0.39, 0.29) is 25.4 Å². The SMILES string of the molecule is CC(=O)CCO[C@H]1OC[C@@H](O)[C@H](O)[C@@H]1O. The molecule has 0 amide bonds. The van der Waals surface area contributed by atoms with E-state index in [0.29, 0.717) is 0 Å². The fourth-order valence-corrected chi connectivity index (χ4v) is 1.24. The summed E-state index contributed by atoms with van der Waals surface area (Å²) >= 11 is 0. The van der Waals surface area contributed by atoms with Gasteiger partial charge in [-0.15, -0.1) is 0 Å². The van der Waals surface area contributed by atoms with Crippen molar-refractivity contribution in [3.8, 4) is 0 Å². The summed E-state index contributed by atoms with van der Waals surface area (Å²) in [6.07, 6.45) is -4.43. The van der Waals surface area contributed by atoms with Gasteiger partial charge < -0.3 is 24.8 Å². The van der Waals surface area contributed by atoms with E-state index in [0.717, 1.165) is 0 Å². The zero-order valence-electron chi connectivity index (χ0n) is 8.50. The third-order valence-electron chi connectivity index (χ3n) is 2.19. The highest BCUT2D eigenvalue weighted by molar-refractivity contribution is 5.75. The molecule has 6 heteroatoms. The Bertz CT molecular complexity index is 219. The number of Topliss-reactive ketones (excluding diaryl/α,β-unsaturated/α-hetero) is 1. The van der Waals surface area contributed by atoms with Crippen LogP contribution in [0, 0.1) is 0 Å². The van der Waals surface area contributed by atoms with Gasteiger partial charge in [0.25, 0.3) is 0 Å². The summed E-state index contributed by atoms with van der Waals surface area (Å²) < 4.78 is 10.0. The minimum Gasteiger partial charge on any atom is -0.388 e. The highest BCUT2D eigenvalue weighted by Crippen LogP contribution is 2.16. The molecule has 0 aromatic heterocycles. The largest absolute Gasteiger partial charge is 0.388 e. The summed E-state index contributed by atoms with van der Waals surface area (Å²) in [6.45, 7) is 1.46. The first-order valence-electron chi connectivity index (χ1n) is 4.79. The van der Waals surface area contributed by atoms with E-state index < -0.39 is 24.6 Å². The molecule has 0 unspecified atom stereocenters. The first kappa shape index (κ1) is 12.5. The summed E-state index contributed by atoms with van der Waals surface area (Å²) in [7, 11) is 0. The van der Waals surface area contributed by atoms with Crippen molar-refractivity contribution in [2.24, 2.45) is 0 Å². The van der Waals surface area contributed by atoms with Crippen molar-refractivity contribution in [2.75, 3.05) is 13.2 Å². The van der Waals surface area contributed by atoms with Crippen molar-refractivity contribution >= 4 is 5.78 Å². The molecule has 0 saturated carbocycles. The van der Waals surface area contributed by atoms with Crippen LogP contribution in [0.1, 0.15) is 13.3 Å². The van der Waals surface area contributed by atoms with E-state index >= 15 is 0 Å². The Morgan fingerprint density at radius 3 is 2.67 bits per heavy atom. The molecule has 1 aliphatic heterocycles. The van der Waals surface area contributed by atoms with Gasteiger partial charge in [0.1, 0.15) is 24.1 Å². The van der Waals surface area contributed by atoms with Crippen LogP contribution in [-0.2, 0) is 14.3 Å². The predicted octanol–water partition coefficient (Wildman–Crippen LogP) is -1.58. The Balaban J connectivity index is 2.32. The Kier molecular flexibility index (Phi) is 4.62. The lowest BCUT2D eigenvalue weighted by molar-refractivity contribution is -0.269. The molecule has 1 rings (SSSR count). The molecule has 1 saturated heterocycles. The van der Waals surface area contributed by atoms with Gasteiger partial charge >= 0.3 is 0 Å². The maximum Gasteiger partial charge on any atom is 0.186 e. The van der Waals surface area contributed by atoms with Crippen molar-refractivity contribution in [3.05, 3.63) is 0 Å². The Hall–Kier alpha value is -0.530. The van der Waals surface area contributed by atoms with E-state index in [1.165, 1.54) is 6.92 Å². The number of ketones is 1. The van der Waals surface area contributed by atoms with Crippen LogP contribution in [0.5, 0.6) is 0 Å². The minimum absolute atomic E-state index is 0.0270. The molecule has 6 nitrogen and oxygen atoms in total. The van der Waals surface area contributed by atoms with E-state index in [1.807, 2.05) is 0 Å². The van der Waals surface area contributed by atoms with E-state index in [9.17, 15) is 15.0 Å². The second-order valence-electron chi connectivity index (χ2n) is 3.57. The molecule has 0 bridgehead atoms. The second kappa shape index (κ2) is 5.53. The molecule has 0 aromatic rings. The van der Waals surface area contributed by atoms with Crippen LogP contribution in [0.15, 0.2) is 0 Å². The van der Waals surface area contributed by atoms with Crippen LogP contribution in [-0.4, -0.2) is 58.9 Å². The molecule has 0 aromatic carbocycles. The number of aliphatic hydroxyl groups excluding tert-OH is 3. The molecular formula is C9H16O6. The maximum absolute atomic E-state index is 10.6. The van der Waals surface area contributed by atoms with E-state index in [2.05, 4.69) is 0 Å². The first-order valence-corrected chi connectivity index (χ1v) is 4.79. The topological polar surface area (TPSA) is 96.2 Å². The van der Waals surface area contributed by atoms with Gasteiger partial charge in [0.15, 0.2) is 6.29 Å². The molecule has 1 aliphatic rings. The van der Waals surface area contributed by atoms with Crippen LogP contribution in [0.4, 0.5) is 0 Å². The molecule has 15 heavy (non-hydrogen) atoms. The summed E-state index contributed by atoms with van der Waals surface area (Å²) in [5, 5.41) is 27.9. The lowest BCUT2D eigenvalue weighted by atomic mass is 10.1. The molecule has 1 fully saturated rings. The summed E-state index contributed by atoms with van der Waals surface area (Å²) in [4.78, 5) is 10.6. The number of rotatable bonds is 4. The van der Waals surface area contributed by atoms with Crippen molar-refractivity contribution < 1.29 is 29.6 Å².